The monoisotopic (exact) mass is 1240 g/mol. The molecule has 5 N–H and O–H groups in total. The fourth-order valence-corrected chi connectivity index (χ4v) is 8.80. The van der Waals surface area contributed by atoms with Crippen LogP contribution >= 0.6 is 22.7 Å². The van der Waals surface area contributed by atoms with Gasteiger partial charge in [0.2, 0.25) is 0 Å². The maximum atomic E-state index is 11.6. The van der Waals surface area contributed by atoms with Gasteiger partial charge in [-0.15, -0.1) is 11.3 Å². The third-order valence-electron chi connectivity index (χ3n) is 12.0. The minimum absolute atomic E-state index is 0. The first-order chi connectivity index (χ1) is 40.8. The van der Waals surface area contributed by atoms with Crippen molar-refractivity contribution in [3.63, 3.8) is 0 Å². The minimum atomic E-state index is -0.00495. The summed E-state index contributed by atoms with van der Waals surface area (Å²) in [5.74, 6) is 0.0233. The van der Waals surface area contributed by atoms with Gasteiger partial charge in [-0.3, -0.25) is 0 Å². The normalized spacial score (nSPS) is 9.72. The van der Waals surface area contributed by atoms with Gasteiger partial charge in [0, 0.05) is 51.9 Å². The van der Waals surface area contributed by atoms with Crippen LogP contribution in [0.5, 0.6) is 28.7 Å². The van der Waals surface area contributed by atoms with Gasteiger partial charge in [0.15, 0.2) is 53.8 Å². The number of para-hydroxylation sites is 9. The third-order valence-corrected chi connectivity index (χ3v) is 13.5. The molecule has 0 bridgehead atoms. The summed E-state index contributed by atoms with van der Waals surface area (Å²) in [4.78, 5) is 20.2. The van der Waals surface area contributed by atoms with Crippen molar-refractivity contribution < 1.29 is 50.5 Å². The molecule has 11 nitrogen and oxygen atoms in total. The van der Waals surface area contributed by atoms with Crippen molar-refractivity contribution in [3.8, 4) is 39.9 Å². The molecule has 10 radical (unpaired) electrons. The second-order valence-electron chi connectivity index (χ2n) is 17.8. The van der Waals surface area contributed by atoms with Crippen LogP contribution in [0.15, 0.2) is 278 Å². The van der Waals surface area contributed by atoms with Crippen LogP contribution in [0.4, 0.5) is 27.9 Å². The SMILES string of the molecule is C.C.C.C.C.[Li-].[Li-].[Li-].[Li-].[Li-].[O-]c1ccccc1C=[NH+]c1nccs1.[O-]c1ccccc1[NH+]=Cc1ccc(-c2ccccc2)cc1.[O-]c1ccccc1[NH+]=Cc1cccc2ccccc12.[O-]c1ccccc1[NH+]=Cc1ccccc1.[O-]c1ccccc1[NH+]=Cc1cccs1. The summed E-state index contributed by atoms with van der Waals surface area (Å²) in [6.45, 7) is 0. The van der Waals surface area contributed by atoms with Gasteiger partial charge in [-0.1, -0.05) is 254 Å². The minimum Gasteiger partial charge on any atom is -1.00 e. The van der Waals surface area contributed by atoms with E-state index in [-0.39, 0.29) is 160 Å². The van der Waals surface area contributed by atoms with Crippen LogP contribution in [-0.4, -0.2) is 130 Å². The number of aromatic nitrogens is 1. The van der Waals surface area contributed by atoms with Crippen LogP contribution in [0, 0.1) is 0 Å². The molecule has 0 aliphatic heterocycles. The van der Waals surface area contributed by atoms with Gasteiger partial charge in [0.25, 0.3) is 0 Å². The zero-order valence-corrected chi connectivity index (χ0v) is 51.4. The van der Waals surface area contributed by atoms with Gasteiger partial charge in [-0.2, -0.15) is 0 Å². The van der Waals surface area contributed by atoms with Gasteiger partial charge < -0.3 is 120 Å². The zero-order chi connectivity index (χ0) is 57.7. The summed E-state index contributed by atoms with van der Waals surface area (Å²) in [6.07, 6.45) is 10.7. The zero-order valence-electron chi connectivity index (χ0n) is 49.7. The van der Waals surface area contributed by atoms with Crippen molar-refractivity contribution in [2.45, 2.75) is 37.1 Å². The number of rotatable bonds is 11. The molecule has 2 aromatic heterocycles. The van der Waals surface area contributed by atoms with E-state index in [1.807, 2.05) is 163 Å². The van der Waals surface area contributed by atoms with Crippen molar-refractivity contribution in [2.75, 3.05) is 0 Å². The average Bonchev–Trinajstić information content (AvgIpc) is 1.34. The Morgan fingerprint density at radius 1 is 0.290 bits per heavy atom. The Morgan fingerprint density at radius 2 is 0.677 bits per heavy atom. The van der Waals surface area contributed by atoms with Crippen LogP contribution in [0.3, 0.4) is 0 Å². The molecule has 0 amide bonds. The van der Waals surface area contributed by atoms with Crippen LogP contribution < -0.4 is 50.5 Å². The van der Waals surface area contributed by atoms with E-state index in [1.54, 1.807) is 109 Å². The molecular formula is C75H76Li5N6O5S2-5. The largest absolute Gasteiger partial charge is 1.00 e. The van der Waals surface area contributed by atoms with Crippen molar-refractivity contribution in [3.05, 3.63) is 305 Å². The molecule has 458 valence electrons. The number of hydrogen-bond acceptors (Lipinski definition) is 8. The first-order valence-corrected chi connectivity index (χ1v) is 27.9. The predicted octanol–water partition coefficient (Wildman–Crippen LogP) is 6.57. The number of thiazole rings is 1. The summed E-state index contributed by atoms with van der Waals surface area (Å²) in [5.41, 5.74) is 8.55. The van der Waals surface area contributed by atoms with Crippen molar-refractivity contribution in [1.29, 1.82) is 0 Å². The molecular weight excluding hydrogens is 1160 g/mol. The Kier molecular flexibility index (Phi) is 47.8. The van der Waals surface area contributed by atoms with E-state index in [0.29, 0.717) is 28.3 Å². The van der Waals surface area contributed by atoms with E-state index >= 15 is 0 Å². The van der Waals surface area contributed by atoms with Crippen LogP contribution in [0.2, 0.25) is 0 Å². The van der Waals surface area contributed by atoms with E-state index in [0.717, 1.165) is 26.7 Å². The second-order valence-corrected chi connectivity index (χ2v) is 19.7. The molecule has 12 aromatic rings. The number of benzene rings is 10. The Balaban J connectivity index is -0.00000107. The predicted molar refractivity (Wildman–Crippen MR) is 390 cm³/mol. The first-order valence-electron chi connectivity index (χ1n) is 26.2. The molecule has 0 spiro atoms. The quantitative estimate of drug-likeness (QED) is 0.0717. The molecule has 93 heavy (non-hydrogen) atoms. The van der Waals surface area contributed by atoms with Crippen LogP contribution in [-0.2, 0) is 0 Å². The number of fused-ring (bicyclic) bond motifs is 1. The molecule has 0 aliphatic rings. The van der Waals surface area contributed by atoms with E-state index in [9.17, 15) is 25.5 Å². The fourth-order valence-electron chi connectivity index (χ4n) is 7.71. The average molecular weight is 1240 g/mol. The van der Waals surface area contributed by atoms with Gasteiger partial charge >= 0.3 is 5.13 Å². The molecule has 0 aliphatic carbocycles. The van der Waals surface area contributed by atoms with Crippen LogP contribution in [0.1, 0.15) is 64.3 Å². The maximum absolute atomic E-state index is 11.6. The Hall–Kier alpha value is -7.87. The Bertz CT molecular complexity index is 3980. The fraction of sp³-hybridized carbons (Fsp3) is 0.0667. The molecule has 0 atom stereocenters. The third kappa shape index (κ3) is 30.2. The summed E-state index contributed by atoms with van der Waals surface area (Å²) < 4.78 is 0. The van der Waals surface area contributed by atoms with Gasteiger partial charge in [0.1, 0.15) is 0 Å². The molecule has 10 aromatic carbocycles. The molecule has 0 unspecified atom stereocenters. The molecule has 2 heterocycles. The van der Waals surface area contributed by atoms with Crippen molar-refractivity contribution in [2.24, 2.45) is 0 Å². The number of nitrogens with zero attached hydrogens (tertiary/aromatic N) is 1. The Morgan fingerprint density at radius 3 is 1.15 bits per heavy atom. The molecule has 18 heteroatoms. The Labute approximate surface area is 618 Å². The topological polar surface area (TPSA) is 198 Å². The number of thiophene rings is 1. The second kappa shape index (κ2) is 49.7. The van der Waals surface area contributed by atoms with Gasteiger partial charge in [0.05, 0.1) is 11.1 Å². The molecule has 0 saturated carbocycles. The first kappa shape index (κ1) is 89.3. The smallest absolute Gasteiger partial charge is 0.379 e. The standard InChI is InChI=1S/C19H15NO.C17H13NO.C13H11NO.C11H9NOS.C10H8N2OS.5CH4.5Li/c21-19-9-5-4-8-18(19)20-14-15-10-12-17(13-11-15)16-6-2-1-3-7-16;19-17-11-4-3-10-16(17)18-12-14-8-5-7-13-6-1-2-9-15(13)14;15-13-9-5-4-8-12(13)14-10-11-6-2-1-3-7-11;13-11-6-2-1-5-10(11)12-8-9-4-3-7-14-9;13-9-4-2-1-3-8(9)7-12-10-11-5-6-14-10;;;;;;;;;;/h1-14,21H;1-12,19H;1-10,15H;1-8,13H;1-7,13H;5*1H4;;;;;/q;;;;;;;;;;5*-1. The summed E-state index contributed by atoms with van der Waals surface area (Å²) in [7, 11) is 0. The molecule has 12 rings (SSSR count). The van der Waals surface area contributed by atoms with E-state index < -0.39 is 0 Å². The summed E-state index contributed by atoms with van der Waals surface area (Å²) in [6, 6.07) is 81.0. The number of nitrogens with one attached hydrogen (secondary N) is 5. The molecule has 0 fully saturated rings. The van der Waals surface area contributed by atoms with E-state index in [1.165, 1.54) is 39.3 Å². The van der Waals surface area contributed by atoms with E-state index in [4.69, 9.17) is 0 Å². The van der Waals surface area contributed by atoms with Crippen molar-refractivity contribution >= 4 is 187 Å². The van der Waals surface area contributed by atoms with Crippen LogP contribution in [0.25, 0.3) is 21.9 Å². The summed E-state index contributed by atoms with van der Waals surface area (Å²) in [5, 5.41) is 64.2. The van der Waals surface area contributed by atoms with Crippen molar-refractivity contribution in [1.82, 2.24) is 4.98 Å². The molecule has 0 saturated heterocycles. The van der Waals surface area contributed by atoms with Gasteiger partial charge in [-0.05, 0) is 91.7 Å². The number of hydrogen-bond donors (Lipinski definition) is 5. The summed E-state index contributed by atoms with van der Waals surface area (Å²) >= 11 is 3.12. The van der Waals surface area contributed by atoms with Gasteiger partial charge in [-0.25, -0.2) is 25.0 Å². The van der Waals surface area contributed by atoms with E-state index in [2.05, 4.69) is 72.4 Å². The maximum Gasteiger partial charge on any atom is 0.379 e.